The Bertz CT molecular complexity index is 1900. The highest BCUT2D eigenvalue weighted by atomic mass is 32.2. The molecule has 54 heavy (non-hydrogen) atoms. The Balaban J connectivity index is 1.21. The van der Waals surface area contributed by atoms with Gasteiger partial charge in [0.2, 0.25) is 27.7 Å². The van der Waals surface area contributed by atoms with Crippen LogP contribution in [0.1, 0.15) is 88.7 Å². The number of alkyl carbamates (subject to hydrolysis) is 1. The number of unbranched alkanes of at least 4 members (excludes halogenated alkanes) is 3. The van der Waals surface area contributed by atoms with Crippen LogP contribution in [0, 0.1) is 0 Å². The van der Waals surface area contributed by atoms with Crippen LogP contribution in [0.4, 0.5) is 4.79 Å². The number of carbonyl (C=O) groups excluding carboxylic acids is 4. The van der Waals surface area contributed by atoms with Crippen molar-refractivity contribution in [2.75, 3.05) is 6.54 Å². The van der Waals surface area contributed by atoms with Crippen molar-refractivity contribution >= 4 is 33.8 Å². The lowest BCUT2D eigenvalue weighted by Crippen LogP contribution is -2.57. The number of nitrogens with one attached hydrogen (secondary N) is 3. The first-order valence-electron chi connectivity index (χ1n) is 18.7. The first kappa shape index (κ1) is 38.6. The molecule has 3 N–H and O–H groups in total. The van der Waals surface area contributed by atoms with E-state index < -0.39 is 63.3 Å². The van der Waals surface area contributed by atoms with Crippen LogP contribution in [0.15, 0.2) is 73.3 Å². The van der Waals surface area contributed by atoms with Gasteiger partial charge in [0.05, 0.1) is 11.8 Å². The molecule has 3 aromatic rings. The van der Waals surface area contributed by atoms with E-state index in [-0.39, 0.29) is 31.9 Å². The normalized spacial score (nSPS) is 19.8. The van der Waals surface area contributed by atoms with E-state index >= 15 is 0 Å². The second-order valence-electron chi connectivity index (χ2n) is 14.4. The van der Waals surface area contributed by atoms with Crippen LogP contribution < -0.4 is 15.4 Å². The van der Waals surface area contributed by atoms with Crippen molar-refractivity contribution in [2.45, 2.75) is 113 Å². The molecule has 0 bridgehead atoms. The summed E-state index contributed by atoms with van der Waals surface area (Å²) in [5.74, 6) is -1.97. The maximum atomic E-state index is 14.5. The van der Waals surface area contributed by atoms with Crippen molar-refractivity contribution in [3.63, 3.8) is 0 Å². The van der Waals surface area contributed by atoms with Crippen molar-refractivity contribution in [2.24, 2.45) is 0 Å². The maximum absolute atomic E-state index is 14.5. The van der Waals surface area contributed by atoms with Crippen molar-refractivity contribution < 1.29 is 32.3 Å². The molecular formula is C38H48N8O7S. The Morgan fingerprint density at radius 3 is 2.37 bits per heavy atom. The number of likely N-dealkylation sites (tertiary alicyclic amines) is 1. The summed E-state index contributed by atoms with van der Waals surface area (Å²) in [6.07, 6.45) is 8.40. The highest BCUT2D eigenvalue weighted by Crippen LogP contribution is 2.37. The summed E-state index contributed by atoms with van der Waals surface area (Å²) in [4.78, 5) is 57.9. The number of carbonyl (C=O) groups is 4. The Kier molecular flexibility index (Phi) is 12.4. The summed E-state index contributed by atoms with van der Waals surface area (Å²) >= 11 is 0. The molecule has 15 nitrogen and oxygen atoms in total. The zero-order chi connectivity index (χ0) is 38.1. The summed E-state index contributed by atoms with van der Waals surface area (Å²) in [7, 11) is -4.07. The molecule has 2 saturated carbocycles. The molecule has 2 aliphatic carbocycles. The van der Waals surface area contributed by atoms with Gasteiger partial charge >= 0.3 is 6.09 Å². The number of ether oxygens (including phenoxy) is 1. The second kappa shape index (κ2) is 17.3. The molecule has 3 aliphatic rings. The van der Waals surface area contributed by atoms with E-state index in [4.69, 9.17) is 4.74 Å². The summed E-state index contributed by atoms with van der Waals surface area (Å²) in [6, 6.07) is 15.1. The van der Waals surface area contributed by atoms with Gasteiger partial charge in [0, 0.05) is 18.5 Å². The SMILES string of the molecule is C=CCCCCC[C@H](NC(=O)OC1CCCC1)C(=O)N1C[C@H](n2nnc(-c3ccccc3)n2)C[C@H]1C(=O)NC1(C(=O)NS(=O)(=O)Cc2ccccc2)CC1. The molecule has 3 fully saturated rings. The van der Waals surface area contributed by atoms with E-state index in [1.807, 2.05) is 36.4 Å². The average Bonchev–Trinajstić information content (AvgIpc) is 3.53. The predicted molar refractivity (Wildman–Crippen MR) is 199 cm³/mol. The van der Waals surface area contributed by atoms with Gasteiger partial charge in [0.25, 0.3) is 5.91 Å². The van der Waals surface area contributed by atoms with E-state index in [1.54, 1.807) is 30.3 Å². The second-order valence-corrected chi connectivity index (χ2v) is 16.1. The number of nitrogens with zero attached hydrogens (tertiary/aromatic N) is 5. The highest BCUT2D eigenvalue weighted by Gasteiger charge is 2.54. The average molecular weight is 761 g/mol. The quantitative estimate of drug-likeness (QED) is 0.134. The van der Waals surface area contributed by atoms with E-state index in [0.29, 0.717) is 24.2 Å². The number of hydrogen-bond acceptors (Lipinski definition) is 10. The molecule has 4 amide bonds. The van der Waals surface area contributed by atoms with Crippen molar-refractivity contribution in [1.82, 2.24) is 40.5 Å². The van der Waals surface area contributed by atoms with Crippen LogP contribution in [0.25, 0.3) is 11.4 Å². The van der Waals surface area contributed by atoms with Gasteiger partial charge in [0.1, 0.15) is 23.7 Å². The lowest BCUT2D eigenvalue weighted by Gasteiger charge is -2.30. The lowest BCUT2D eigenvalue weighted by atomic mass is 10.0. The molecule has 0 unspecified atom stereocenters. The highest BCUT2D eigenvalue weighted by molar-refractivity contribution is 7.89. The fourth-order valence-corrected chi connectivity index (χ4v) is 8.26. The standard InChI is InChI=1S/C38H48N8O7S/c1-2-3-4-5-12-21-31(39-37(50)53-30-19-13-14-20-30)35(48)45-25-29(46-42-33(41-44-46)28-17-10-7-11-18-28)24-32(45)34(47)40-38(22-23-38)36(49)43-54(51,52)26-27-15-8-6-9-16-27/h2,6-11,15-18,29-32H,1,3-5,12-14,19-26H2,(H,39,50)(H,40,47)(H,43,49)/t29-,31+,32+/m1/s1. The first-order valence-corrected chi connectivity index (χ1v) is 20.4. The van der Waals surface area contributed by atoms with Crippen molar-refractivity contribution in [3.8, 4) is 11.4 Å². The molecule has 6 rings (SSSR count). The van der Waals surface area contributed by atoms with Crippen molar-refractivity contribution in [3.05, 3.63) is 78.9 Å². The number of aromatic nitrogens is 4. The number of rotatable bonds is 17. The predicted octanol–water partition coefficient (Wildman–Crippen LogP) is 3.95. The minimum atomic E-state index is -4.07. The van der Waals surface area contributed by atoms with Gasteiger partial charge in [0.15, 0.2) is 0 Å². The Labute approximate surface area is 315 Å². The van der Waals surface area contributed by atoms with Crippen LogP contribution in [0.5, 0.6) is 0 Å². The van der Waals surface area contributed by atoms with Gasteiger partial charge in [-0.15, -0.1) is 16.8 Å². The third-order valence-corrected chi connectivity index (χ3v) is 11.4. The van der Waals surface area contributed by atoms with E-state index in [1.165, 1.54) is 9.70 Å². The van der Waals surface area contributed by atoms with Crippen molar-refractivity contribution in [1.29, 1.82) is 0 Å². The van der Waals surface area contributed by atoms with Crippen LogP contribution in [0.3, 0.4) is 0 Å². The number of tetrazole rings is 1. The zero-order valence-corrected chi connectivity index (χ0v) is 31.1. The zero-order valence-electron chi connectivity index (χ0n) is 30.3. The third-order valence-electron chi connectivity index (χ3n) is 10.2. The fraction of sp³-hybridized carbons (Fsp3) is 0.500. The Morgan fingerprint density at radius 1 is 0.981 bits per heavy atom. The largest absolute Gasteiger partial charge is 0.446 e. The first-order chi connectivity index (χ1) is 26.1. The summed E-state index contributed by atoms with van der Waals surface area (Å²) in [5.41, 5.74) is -0.201. The van der Waals surface area contributed by atoms with E-state index in [9.17, 15) is 27.6 Å². The maximum Gasteiger partial charge on any atom is 0.408 e. The molecule has 16 heteroatoms. The van der Waals surface area contributed by atoms with Crippen LogP contribution in [0.2, 0.25) is 0 Å². The number of allylic oxidation sites excluding steroid dienone is 1. The fourth-order valence-electron chi connectivity index (χ4n) is 7.08. The molecule has 1 aromatic heterocycles. The van der Waals surface area contributed by atoms with Gasteiger partial charge in [-0.05, 0) is 68.6 Å². The molecule has 0 spiro atoms. The molecule has 2 aromatic carbocycles. The monoisotopic (exact) mass is 760 g/mol. The summed E-state index contributed by atoms with van der Waals surface area (Å²) in [6.45, 7) is 3.79. The molecule has 3 atom stereocenters. The molecule has 1 aliphatic heterocycles. The van der Waals surface area contributed by atoms with Gasteiger partial charge in [-0.2, -0.15) is 4.80 Å². The number of amides is 4. The molecule has 2 heterocycles. The van der Waals surface area contributed by atoms with Gasteiger partial charge in [-0.25, -0.2) is 13.2 Å². The topological polar surface area (TPSA) is 195 Å². The molecule has 1 saturated heterocycles. The molecule has 0 radical (unpaired) electrons. The smallest absolute Gasteiger partial charge is 0.408 e. The van der Waals surface area contributed by atoms with Gasteiger partial charge in [-0.3, -0.25) is 19.1 Å². The number of sulfonamides is 1. The third kappa shape index (κ3) is 9.89. The van der Waals surface area contributed by atoms with Crippen LogP contribution in [-0.4, -0.2) is 87.6 Å². The van der Waals surface area contributed by atoms with Crippen LogP contribution in [-0.2, 0) is 34.9 Å². The summed E-state index contributed by atoms with van der Waals surface area (Å²) < 4.78 is 33.6. The van der Waals surface area contributed by atoms with E-state index in [2.05, 4.69) is 37.3 Å². The van der Waals surface area contributed by atoms with Gasteiger partial charge in [-0.1, -0.05) is 79.6 Å². The van der Waals surface area contributed by atoms with Crippen LogP contribution >= 0.6 is 0 Å². The number of hydrogen-bond donors (Lipinski definition) is 3. The minimum absolute atomic E-state index is 0.0263. The van der Waals surface area contributed by atoms with Gasteiger partial charge < -0.3 is 20.3 Å². The molecule has 288 valence electrons. The van der Waals surface area contributed by atoms with E-state index in [0.717, 1.165) is 50.5 Å². The summed E-state index contributed by atoms with van der Waals surface area (Å²) in [5, 5.41) is 18.6. The Morgan fingerprint density at radius 2 is 1.69 bits per heavy atom. The lowest BCUT2D eigenvalue weighted by molar-refractivity contribution is -0.141. The Hall–Kier alpha value is -5.12. The molecular weight excluding hydrogens is 713 g/mol. The minimum Gasteiger partial charge on any atom is -0.446 e. The number of benzene rings is 2.